The number of halogens is 1. The van der Waals surface area contributed by atoms with Crippen LogP contribution >= 0.6 is 23.8 Å². The second-order valence-corrected chi connectivity index (χ2v) is 6.95. The standard InChI is InChI=1S/C19H23ClN6OS/c1-4-6-11-25-17(20)15(13(3)24-25)12-21-26-18(22-23-19(26)28)14-9-7-8-10-16(14)27-5-2/h7-10,12H,4-6,11H2,1-3H3,(H,23,28). The molecule has 0 fully saturated rings. The summed E-state index contributed by atoms with van der Waals surface area (Å²) in [5, 5.41) is 16.7. The Morgan fingerprint density at radius 1 is 1.32 bits per heavy atom. The number of unbranched alkanes of at least 4 members (excludes halogenated alkanes) is 1. The quantitative estimate of drug-likeness (QED) is 0.419. The highest BCUT2D eigenvalue weighted by atomic mass is 35.5. The van der Waals surface area contributed by atoms with E-state index < -0.39 is 0 Å². The number of aromatic amines is 1. The van der Waals surface area contributed by atoms with Crippen molar-refractivity contribution in [2.24, 2.45) is 5.10 Å². The first-order chi connectivity index (χ1) is 13.6. The molecule has 0 aliphatic rings. The minimum absolute atomic E-state index is 0.379. The van der Waals surface area contributed by atoms with Crippen molar-refractivity contribution in [3.05, 3.63) is 45.4 Å². The van der Waals surface area contributed by atoms with Gasteiger partial charge in [-0.05, 0) is 44.6 Å². The van der Waals surface area contributed by atoms with Crippen LogP contribution in [0.5, 0.6) is 5.75 Å². The third-order valence-electron chi connectivity index (χ3n) is 4.21. The number of H-pyrrole nitrogens is 1. The number of benzene rings is 1. The Morgan fingerprint density at radius 2 is 2.11 bits per heavy atom. The number of aromatic nitrogens is 5. The minimum atomic E-state index is 0.379. The van der Waals surface area contributed by atoms with E-state index in [4.69, 9.17) is 28.6 Å². The van der Waals surface area contributed by atoms with E-state index in [0.717, 1.165) is 42.0 Å². The van der Waals surface area contributed by atoms with Crippen LogP contribution in [0.1, 0.15) is 37.9 Å². The van der Waals surface area contributed by atoms with Gasteiger partial charge in [0.15, 0.2) is 5.82 Å². The molecule has 0 atom stereocenters. The molecule has 7 nitrogen and oxygen atoms in total. The highest BCUT2D eigenvalue weighted by Crippen LogP contribution is 2.28. The predicted octanol–water partition coefficient (Wildman–Crippen LogP) is 4.85. The summed E-state index contributed by atoms with van der Waals surface area (Å²) >= 11 is 11.9. The lowest BCUT2D eigenvalue weighted by atomic mass is 10.2. The Balaban J connectivity index is 1.99. The van der Waals surface area contributed by atoms with Gasteiger partial charge in [-0.15, -0.1) is 0 Å². The second kappa shape index (κ2) is 9.16. The molecule has 0 spiro atoms. The fourth-order valence-corrected chi connectivity index (χ4v) is 3.28. The lowest BCUT2D eigenvalue weighted by Crippen LogP contribution is -2.00. The van der Waals surface area contributed by atoms with E-state index in [1.54, 1.807) is 10.9 Å². The molecule has 1 N–H and O–H groups in total. The Bertz CT molecular complexity index is 1040. The average molecular weight is 419 g/mol. The number of para-hydroxylation sites is 1. The Morgan fingerprint density at radius 3 is 2.86 bits per heavy atom. The van der Waals surface area contributed by atoms with Crippen molar-refractivity contribution in [1.29, 1.82) is 0 Å². The summed E-state index contributed by atoms with van der Waals surface area (Å²) in [5.74, 6) is 1.29. The SMILES string of the molecule is CCCCn1nc(C)c(C=Nn2c(-c3ccccc3OCC)n[nH]c2=S)c1Cl. The first-order valence-corrected chi connectivity index (χ1v) is 10.0. The van der Waals surface area contributed by atoms with Crippen molar-refractivity contribution < 1.29 is 4.74 Å². The van der Waals surface area contributed by atoms with Crippen molar-refractivity contribution in [2.45, 2.75) is 40.2 Å². The molecule has 0 amide bonds. The van der Waals surface area contributed by atoms with Gasteiger partial charge in [0.25, 0.3) is 0 Å². The summed E-state index contributed by atoms with van der Waals surface area (Å²) in [5.41, 5.74) is 2.39. The van der Waals surface area contributed by atoms with Crippen LogP contribution in [0.15, 0.2) is 29.4 Å². The molecule has 0 unspecified atom stereocenters. The number of aryl methyl sites for hydroxylation is 2. The van der Waals surface area contributed by atoms with E-state index in [-0.39, 0.29) is 0 Å². The number of hydrogen-bond acceptors (Lipinski definition) is 5. The summed E-state index contributed by atoms with van der Waals surface area (Å²) < 4.78 is 9.46. The molecule has 148 valence electrons. The van der Waals surface area contributed by atoms with E-state index in [1.165, 1.54) is 0 Å². The van der Waals surface area contributed by atoms with Gasteiger partial charge in [0, 0.05) is 6.54 Å². The molecular formula is C19H23ClN6OS. The van der Waals surface area contributed by atoms with Crippen molar-refractivity contribution in [1.82, 2.24) is 24.7 Å². The van der Waals surface area contributed by atoms with Crippen LogP contribution in [0.2, 0.25) is 5.15 Å². The van der Waals surface area contributed by atoms with Gasteiger partial charge >= 0.3 is 0 Å². The molecule has 1 aromatic carbocycles. The van der Waals surface area contributed by atoms with Crippen LogP contribution < -0.4 is 4.74 Å². The molecule has 0 radical (unpaired) electrons. The predicted molar refractivity (Wildman–Crippen MR) is 114 cm³/mol. The topological polar surface area (TPSA) is 73.0 Å². The van der Waals surface area contributed by atoms with E-state index >= 15 is 0 Å². The van der Waals surface area contributed by atoms with Gasteiger partial charge in [-0.2, -0.15) is 20.0 Å². The van der Waals surface area contributed by atoms with E-state index in [2.05, 4.69) is 27.3 Å². The fraction of sp³-hybridized carbons (Fsp3) is 0.368. The van der Waals surface area contributed by atoms with Gasteiger partial charge in [-0.25, -0.2) is 5.10 Å². The number of ether oxygens (including phenoxy) is 1. The third kappa shape index (κ3) is 4.18. The lowest BCUT2D eigenvalue weighted by molar-refractivity contribution is 0.341. The van der Waals surface area contributed by atoms with Gasteiger partial charge in [-0.3, -0.25) is 4.68 Å². The van der Waals surface area contributed by atoms with Gasteiger partial charge in [0.05, 0.1) is 29.6 Å². The van der Waals surface area contributed by atoms with Gasteiger partial charge in [0.1, 0.15) is 10.9 Å². The summed E-state index contributed by atoms with van der Waals surface area (Å²) in [4.78, 5) is 0. The molecule has 0 saturated heterocycles. The Kier molecular flexibility index (Phi) is 6.64. The van der Waals surface area contributed by atoms with E-state index in [9.17, 15) is 0 Å². The van der Waals surface area contributed by atoms with Gasteiger partial charge < -0.3 is 4.74 Å². The number of nitrogens with one attached hydrogen (secondary N) is 1. The molecule has 3 aromatic rings. The van der Waals surface area contributed by atoms with Crippen molar-refractivity contribution in [3.8, 4) is 17.1 Å². The highest BCUT2D eigenvalue weighted by Gasteiger charge is 2.15. The number of nitrogens with zero attached hydrogens (tertiary/aromatic N) is 5. The van der Waals surface area contributed by atoms with Crippen LogP contribution in [0.4, 0.5) is 0 Å². The van der Waals surface area contributed by atoms with Crippen LogP contribution in [-0.2, 0) is 6.54 Å². The molecule has 9 heteroatoms. The molecule has 28 heavy (non-hydrogen) atoms. The van der Waals surface area contributed by atoms with Crippen LogP contribution in [-0.4, -0.2) is 37.5 Å². The highest BCUT2D eigenvalue weighted by molar-refractivity contribution is 7.71. The Labute approximate surface area is 174 Å². The molecule has 3 rings (SSSR count). The molecule has 0 aliphatic heterocycles. The molecule has 0 saturated carbocycles. The molecule has 2 heterocycles. The van der Waals surface area contributed by atoms with Crippen LogP contribution in [0.25, 0.3) is 11.4 Å². The summed E-state index contributed by atoms with van der Waals surface area (Å²) in [6, 6.07) is 7.64. The van der Waals surface area contributed by atoms with Crippen molar-refractivity contribution >= 4 is 30.0 Å². The first kappa shape index (κ1) is 20.3. The maximum atomic E-state index is 6.50. The third-order valence-corrected chi connectivity index (χ3v) is 4.88. The fourth-order valence-electron chi connectivity index (χ4n) is 2.79. The number of hydrogen-bond donors (Lipinski definition) is 1. The maximum Gasteiger partial charge on any atom is 0.216 e. The Hall–Kier alpha value is -2.45. The normalized spacial score (nSPS) is 11.4. The van der Waals surface area contributed by atoms with Crippen molar-refractivity contribution in [3.63, 3.8) is 0 Å². The molecular weight excluding hydrogens is 396 g/mol. The van der Waals surface area contributed by atoms with E-state index in [0.29, 0.717) is 22.4 Å². The zero-order chi connectivity index (χ0) is 20.1. The molecule has 2 aromatic heterocycles. The summed E-state index contributed by atoms with van der Waals surface area (Å²) in [6.45, 7) is 7.32. The average Bonchev–Trinajstić information content (AvgIpc) is 3.18. The van der Waals surface area contributed by atoms with Gasteiger partial charge in [-0.1, -0.05) is 37.1 Å². The largest absolute Gasteiger partial charge is 0.493 e. The lowest BCUT2D eigenvalue weighted by Gasteiger charge is -2.08. The maximum absolute atomic E-state index is 6.50. The number of rotatable bonds is 8. The van der Waals surface area contributed by atoms with Crippen LogP contribution in [0.3, 0.4) is 0 Å². The summed E-state index contributed by atoms with van der Waals surface area (Å²) in [7, 11) is 0. The molecule has 0 bridgehead atoms. The van der Waals surface area contributed by atoms with Crippen molar-refractivity contribution in [2.75, 3.05) is 6.61 Å². The smallest absolute Gasteiger partial charge is 0.216 e. The van der Waals surface area contributed by atoms with E-state index in [1.807, 2.05) is 42.8 Å². The monoisotopic (exact) mass is 418 g/mol. The summed E-state index contributed by atoms with van der Waals surface area (Å²) in [6.07, 6.45) is 3.76. The second-order valence-electron chi connectivity index (χ2n) is 6.20. The zero-order valence-corrected chi connectivity index (χ0v) is 17.7. The van der Waals surface area contributed by atoms with Crippen LogP contribution in [0, 0.1) is 11.7 Å². The minimum Gasteiger partial charge on any atom is -0.493 e. The zero-order valence-electron chi connectivity index (χ0n) is 16.1. The molecule has 0 aliphatic carbocycles. The van der Waals surface area contributed by atoms with Gasteiger partial charge in [0.2, 0.25) is 4.77 Å². The first-order valence-electron chi connectivity index (χ1n) is 9.23.